The van der Waals surface area contributed by atoms with Gasteiger partial charge in [0.25, 0.3) is 0 Å². The van der Waals surface area contributed by atoms with E-state index in [0.29, 0.717) is 34.6 Å². The highest BCUT2D eigenvalue weighted by Gasteiger charge is 2.31. The lowest BCUT2D eigenvalue weighted by Gasteiger charge is -2.16. The number of halogens is 4. The van der Waals surface area contributed by atoms with Crippen LogP contribution >= 0.6 is 11.6 Å². The number of nitrogens with zero attached hydrogens (tertiary/aromatic N) is 2. The number of aromatic nitrogens is 2. The molecule has 0 radical (unpaired) electrons. The highest BCUT2D eigenvalue weighted by molar-refractivity contribution is 6.31. The minimum atomic E-state index is -4.76. The van der Waals surface area contributed by atoms with Crippen LogP contribution in [0.3, 0.4) is 0 Å². The zero-order valence-electron chi connectivity index (χ0n) is 17.1. The number of alkyl halides is 3. The summed E-state index contributed by atoms with van der Waals surface area (Å²) in [6.45, 7) is 0.441. The minimum absolute atomic E-state index is 0.279. The average molecular weight is 463 g/mol. The fourth-order valence-corrected chi connectivity index (χ4v) is 3.89. The normalized spacial score (nSPS) is 14.4. The molecule has 9 heteroatoms. The van der Waals surface area contributed by atoms with Gasteiger partial charge in [-0.05, 0) is 36.6 Å². The highest BCUT2D eigenvalue weighted by Crippen LogP contribution is 2.30. The number of anilines is 2. The number of rotatable bonds is 7. The topological polar surface area (TPSA) is 59.1 Å². The van der Waals surface area contributed by atoms with Crippen molar-refractivity contribution in [1.29, 1.82) is 0 Å². The lowest BCUT2D eigenvalue weighted by atomic mass is 10.1. The molecule has 3 aromatic rings. The Labute approximate surface area is 189 Å². The molecule has 168 valence electrons. The molecule has 1 heterocycles. The first-order valence-electron chi connectivity index (χ1n) is 10.3. The first-order chi connectivity index (χ1) is 15.4. The van der Waals surface area contributed by atoms with Gasteiger partial charge in [-0.2, -0.15) is 4.98 Å². The van der Waals surface area contributed by atoms with Gasteiger partial charge >= 0.3 is 6.36 Å². The van der Waals surface area contributed by atoms with E-state index in [9.17, 15) is 13.2 Å². The van der Waals surface area contributed by atoms with Gasteiger partial charge in [-0.1, -0.05) is 54.8 Å². The van der Waals surface area contributed by atoms with E-state index in [1.165, 1.54) is 18.2 Å². The van der Waals surface area contributed by atoms with Gasteiger partial charge in [0.1, 0.15) is 11.6 Å². The molecule has 1 aliphatic rings. The molecule has 1 aliphatic carbocycles. The van der Waals surface area contributed by atoms with Crippen LogP contribution in [-0.4, -0.2) is 22.4 Å². The zero-order chi connectivity index (χ0) is 22.6. The van der Waals surface area contributed by atoms with E-state index in [2.05, 4.69) is 25.3 Å². The summed E-state index contributed by atoms with van der Waals surface area (Å²) >= 11 is 6.24. The van der Waals surface area contributed by atoms with Crippen molar-refractivity contribution < 1.29 is 17.9 Å². The van der Waals surface area contributed by atoms with Crippen LogP contribution < -0.4 is 15.4 Å². The molecule has 32 heavy (non-hydrogen) atoms. The Morgan fingerprint density at radius 3 is 2.53 bits per heavy atom. The predicted molar refractivity (Wildman–Crippen MR) is 119 cm³/mol. The van der Waals surface area contributed by atoms with E-state index in [-0.39, 0.29) is 11.8 Å². The van der Waals surface area contributed by atoms with E-state index >= 15 is 0 Å². The number of nitrogens with one attached hydrogen (secondary N) is 2. The smallest absolute Gasteiger partial charge is 0.406 e. The molecule has 0 spiro atoms. The monoisotopic (exact) mass is 462 g/mol. The van der Waals surface area contributed by atoms with Crippen LogP contribution in [0.5, 0.6) is 5.75 Å². The molecular weight excluding hydrogens is 441 g/mol. The maximum Gasteiger partial charge on any atom is 0.573 e. The van der Waals surface area contributed by atoms with Gasteiger partial charge in [-0.3, -0.25) is 0 Å². The Balaban J connectivity index is 1.62. The summed E-state index contributed by atoms with van der Waals surface area (Å²) in [7, 11) is 0. The fourth-order valence-electron chi connectivity index (χ4n) is 3.68. The van der Waals surface area contributed by atoms with Crippen LogP contribution in [0.25, 0.3) is 11.3 Å². The number of hydrogen-bond acceptors (Lipinski definition) is 5. The van der Waals surface area contributed by atoms with E-state index in [4.69, 9.17) is 11.6 Å². The molecule has 0 atom stereocenters. The maximum atomic E-state index is 12.6. The molecule has 4 rings (SSSR count). The summed E-state index contributed by atoms with van der Waals surface area (Å²) in [5.41, 5.74) is 1.87. The Morgan fingerprint density at radius 1 is 1.00 bits per heavy atom. The summed E-state index contributed by atoms with van der Waals surface area (Å²) in [6, 6.07) is 15.2. The number of hydrogen-bond donors (Lipinski definition) is 2. The van der Waals surface area contributed by atoms with Gasteiger partial charge < -0.3 is 15.4 Å². The van der Waals surface area contributed by atoms with Gasteiger partial charge in [-0.15, -0.1) is 13.2 Å². The second-order valence-corrected chi connectivity index (χ2v) is 8.02. The lowest BCUT2D eigenvalue weighted by Crippen LogP contribution is -2.18. The molecule has 5 nitrogen and oxygen atoms in total. The number of ether oxygens (including phenoxy) is 1. The van der Waals surface area contributed by atoms with E-state index in [1.807, 2.05) is 24.3 Å². The van der Waals surface area contributed by atoms with Crippen LogP contribution in [0.2, 0.25) is 5.02 Å². The number of benzene rings is 2. The van der Waals surface area contributed by atoms with Crippen LogP contribution in [0.15, 0.2) is 54.6 Å². The second-order valence-electron chi connectivity index (χ2n) is 7.61. The van der Waals surface area contributed by atoms with Crippen molar-refractivity contribution >= 4 is 23.4 Å². The molecule has 0 bridgehead atoms. The third-order valence-corrected chi connectivity index (χ3v) is 5.56. The summed E-state index contributed by atoms with van der Waals surface area (Å²) in [6.07, 6.45) is -0.408. The van der Waals surface area contributed by atoms with Gasteiger partial charge in [0, 0.05) is 29.2 Å². The van der Waals surface area contributed by atoms with Crippen molar-refractivity contribution in [2.24, 2.45) is 0 Å². The largest absolute Gasteiger partial charge is 0.573 e. The summed E-state index contributed by atoms with van der Waals surface area (Å²) in [5, 5.41) is 7.23. The zero-order valence-corrected chi connectivity index (χ0v) is 17.9. The molecule has 0 saturated heterocycles. The molecule has 1 saturated carbocycles. The van der Waals surface area contributed by atoms with Gasteiger partial charge in [0.05, 0.1) is 5.69 Å². The Hall–Kier alpha value is -3.00. The minimum Gasteiger partial charge on any atom is -0.406 e. The van der Waals surface area contributed by atoms with Crippen molar-refractivity contribution in [3.05, 3.63) is 65.2 Å². The summed E-state index contributed by atoms with van der Waals surface area (Å²) in [5.74, 6) is 0.667. The molecule has 0 amide bonds. The molecule has 2 aromatic carbocycles. The molecule has 1 aromatic heterocycles. The second kappa shape index (κ2) is 9.65. The first kappa shape index (κ1) is 22.2. The molecule has 0 aliphatic heterocycles. The van der Waals surface area contributed by atoms with Crippen molar-refractivity contribution in [1.82, 2.24) is 9.97 Å². The molecular formula is C23H22ClF3N4O. The average Bonchev–Trinajstić information content (AvgIpc) is 3.25. The van der Waals surface area contributed by atoms with Gasteiger partial charge in [0.15, 0.2) is 0 Å². The van der Waals surface area contributed by atoms with Crippen LogP contribution in [0, 0.1) is 0 Å². The van der Waals surface area contributed by atoms with Gasteiger partial charge in [-0.25, -0.2) is 4.98 Å². The predicted octanol–water partition coefficient (Wildman–Crippen LogP) is 6.66. The first-order valence-corrected chi connectivity index (χ1v) is 10.7. The van der Waals surface area contributed by atoms with Crippen LogP contribution in [0.4, 0.5) is 24.9 Å². The third kappa shape index (κ3) is 6.03. The van der Waals surface area contributed by atoms with E-state index in [0.717, 1.165) is 31.2 Å². The van der Waals surface area contributed by atoms with Crippen molar-refractivity contribution in [3.8, 4) is 17.0 Å². The standard InChI is InChI=1S/C23H22ClF3N4O/c24-19-11-4-1-6-16(19)14-28-21-13-20(30-22(31-21)29-17-8-2-3-9-17)15-7-5-10-18(12-15)32-23(25,26)27/h1,4-7,10-13,17H,2-3,8-9,14H2,(H2,28,29,30,31). The maximum absolute atomic E-state index is 12.6. The fraction of sp³-hybridized carbons (Fsp3) is 0.304. The van der Waals surface area contributed by atoms with Crippen LogP contribution in [0.1, 0.15) is 31.2 Å². The molecule has 2 N–H and O–H groups in total. The van der Waals surface area contributed by atoms with Crippen molar-refractivity contribution in [2.45, 2.75) is 44.6 Å². The van der Waals surface area contributed by atoms with E-state index in [1.54, 1.807) is 12.1 Å². The Kier molecular flexibility index (Phi) is 6.69. The third-order valence-electron chi connectivity index (χ3n) is 5.20. The van der Waals surface area contributed by atoms with E-state index < -0.39 is 6.36 Å². The van der Waals surface area contributed by atoms with Gasteiger partial charge in [0.2, 0.25) is 5.95 Å². The Bertz CT molecular complexity index is 1070. The molecule has 0 unspecified atom stereocenters. The molecule has 1 fully saturated rings. The summed E-state index contributed by atoms with van der Waals surface area (Å²) in [4.78, 5) is 9.11. The lowest BCUT2D eigenvalue weighted by molar-refractivity contribution is -0.274. The Morgan fingerprint density at radius 2 is 1.78 bits per heavy atom. The quantitative estimate of drug-likeness (QED) is 0.411. The van der Waals surface area contributed by atoms with Crippen molar-refractivity contribution in [2.75, 3.05) is 10.6 Å². The van der Waals surface area contributed by atoms with Crippen LogP contribution in [-0.2, 0) is 6.54 Å². The SMILES string of the molecule is FC(F)(F)Oc1cccc(-c2cc(NCc3ccccc3Cl)nc(NC3CCCC3)n2)c1. The summed E-state index contributed by atoms with van der Waals surface area (Å²) < 4.78 is 42.0. The highest BCUT2D eigenvalue weighted by atomic mass is 35.5. The van der Waals surface area contributed by atoms with Crippen molar-refractivity contribution in [3.63, 3.8) is 0 Å².